The quantitative estimate of drug-likeness (QED) is 0.397. The van der Waals surface area contributed by atoms with Crippen molar-refractivity contribution in [3.63, 3.8) is 0 Å². The van der Waals surface area contributed by atoms with Crippen LogP contribution in [0.1, 0.15) is 15.9 Å². The van der Waals surface area contributed by atoms with Crippen LogP contribution in [0.5, 0.6) is 0 Å². The summed E-state index contributed by atoms with van der Waals surface area (Å²) in [6, 6.07) is 9.73. The number of aromatic nitrogens is 1. The molecule has 3 nitrogen and oxygen atoms in total. The van der Waals surface area contributed by atoms with E-state index in [1.807, 2.05) is 28.7 Å². The summed E-state index contributed by atoms with van der Waals surface area (Å²) in [7, 11) is 0. The normalized spacial score (nSPS) is 11.1. The van der Waals surface area contributed by atoms with Gasteiger partial charge in [-0.3, -0.25) is 0 Å². The molecule has 3 rings (SSSR count). The monoisotopic (exact) mass is 544 g/mol. The van der Waals surface area contributed by atoms with Gasteiger partial charge in [0, 0.05) is 0 Å². The van der Waals surface area contributed by atoms with Crippen LogP contribution in [0.2, 0.25) is 0 Å². The number of pyridine rings is 1. The molecule has 1 heterocycles. The van der Waals surface area contributed by atoms with Gasteiger partial charge in [-0.05, 0) is 0 Å². The maximum atomic E-state index is 14.1. The van der Waals surface area contributed by atoms with Gasteiger partial charge in [-0.1, -0.05) is 0 Å². The van der Waals surface area contributed by atoms with Crippen LogP contribution in [0.25, 0.3) is 0 Å². The first kappa shape index (κ1) is 19.9. The number of carbonyl (C=O) groups excluding carboxylic acids is 1. The first-order valence-corrected chi connectivity index (χ1v) is 11.0. The van der Waals surface area contributed by atoms with Crippen LogP contribution in [0.3, 0.4) is 0 Å². The summed E-state index contributed by atoms with van der Waals surface area (Å²) in [5.74, 6) is -2.11. The van der Waals surface area contributed by atoms with Gasteiger partial charge in [-0.2, -0.15) is 0 Å². The molecular formula is C19H13AsF3IN2O. The Morgan fingerprint density at radius 2 is 1.85 bits per heavy atom. The predicted molar refractivity (Wildman–Crippen MR) is 107 cm³/mol. The average Bonchev–Trinajstić information content (AvgIpc) is 2.63. The third-order valence-corrected chi connectivity index (χ3v) is 7.21. The number of carbonyl (C=O) groups is 1. The summed E-state index contributed by atoms with van der Waals surface area (Å²) < 4.78 is 42.9. The molecule has 8 heteroatoms. The number of rotatable bonds is 5. The minimum absolute atomic E-state index is 0.0788. The molecule has 0 radical (unpaired) electrons. The summed E-state index contributed by atoms with van der Waals surface area (Å²) >= 11 is 0.913. The van der Waals surface area contributed by atoms with E-state index in [0.717, 1.165) is 15.7 Å². The SMILES string of the molecule is O=C(NCc1ccc(F)cc1F)c1ccncc1[AsH]c1ccc(I)cc1F. The van der Waals surface area contributed by atoms with Crippen LogP contribution in [0.15, 0.2) is 54.9 Å². The number of nitrogens with one attached hydrogen (secondary N) is 1. The standard InChI is InChI=1S/C19H13AsF3IN2O/c21-12-2-1-11(17(22)7-12)9-26-19(27)14-5-6-25-10-16(14)20-15-4-3-13(24)8-18(15)23/h1-8,10,20H,9H2,(H,26,27). The van der Waals surface area contributed by atoms with Crippen molar-refractivity contribution in [2.75, 3.05) is 0 Å². The van der Waals surface area contributed by atoms with Crippen molar-refractivity contribution < 1.29 is 18.0 Å². The third-order valence-electron chi connectivity index (χ3n) is 3.72. The first-order valence-electron chi connectivity index (χ1n) is 7.82. The molecule has 138 valence electrons. The van der Waals surface area contributed by atoms with Crippen LogP contribution in [0, 0.1) is 21.0 Å². The van der Waals surface area contributed by atoms with Gasteiger partial charge in [0.1, 0.15) is 0 Å². The van der Waals surface area contributed by atoms with E-state index in [4.69, 9.17) is 0 Å². The summed E-state index contributed by atoms with van der Waals surface area (Å²) in [5, 5.41) is 2.62. The maximum absolute atomic E-state index is 14.1. The van der Waals surface area contributed by atoms with E-state index >= 15 is 0 Å². The van der Waals surface area contributed by atoms with Gasteiger partial charge in [0.25, 0.3) is 0 Å². The van der Waals surface area contributed by atoms with Crippen molar-refractivity contribution in [3.8, 4) is 0 Å². The number of nitrogens with zero attached hydrogens (tertiary/aromatic N) is 1. The molecule has 2 aromatic carbocycles. The Bertz CT molecular complexity index is 1000. The minimum atomic E-state index is -1.12. The second-order valence-corrected chi connectivity index (χ2v) is 9.62. The van der Waals surface area contributed by atoms with Crippen molar-refractivity contribution in [1.29, 1.82) is 0 Å². The third kappa shape index (κ3) is 5.11. The van der Waals surface area contributed by atoms with E-state index in [2.05, 4.69) is 10.3 Å². The topological polar surface area (TPSA) is 42.0 Å². The Labute approximate surface area is 174 Å². The van der Waals surface area contributed by atoms with Gasteiger partial charge in [0.2, 0.25) is 0 Å². The van der Waals surface area contributed by atoms with Crippen LogP contribution in [-0.2, 0) is 6.54 Å². The number of hydrogen-bond acceptors (Lipinski definition) is 2. The first-order chi connectivity index (χ1) is 12.9. The van der Waals surface area contributed by atoms with E-state index < -0.39 is 33.3 Å². The van der Waals surface area contributed by atoms with Gasteiger partial charge in [0.15, 0.2) is 0 Å². The number of halogens is 4. The van der Waals surface area contributed by atoms with Gasteiger partial charge in [0.05, 0.1) is 0 Å². The molecule has 0 saturated carbocycles. The Kier molecular flexibility index (Phi) is 6.54. The average molecular weight is 544 g/mol. The van der Waals surface area contributed by atoms with E-state index in [-0.39, 0.29) is 17.9 Å². The zero-order valence-corrected chi connectivity index (χ0v) is 18.0. The number of benzene rings is 2. The number of hydrogen-bond donors (Lipinski definition) is 1. The van der Waals surface area contributed by atoms with Crippen LogP contribution < -0.4 is 14.0 Å². The van der Waals surface area contributed by atoms with E-state index in [0.29, 0.717) is 14.3 Å². The van der Waals surface area contributed by atoms with Crippen molar-refractivity contribution >= 4 is 53.0 Å². The summed E-state index contributed by atoms with van der Waals surface area (Å²) in [5.41, 5.74) is 0.561. The fraction of sp³-hybridized carbons (Fsp3) is 0.0526. The summed E-state index contributed by atoms with van der Waals surface area (Å²) in [6.07, 6.45) is 3.04. The van der Waals surface area contributed by atoms with Crippen molar-refractivity contribution in [1.82, 2.24) is 10.3 Å². The molecule has 1 N–H and O–H groups in total. The molecule has 1 amide bonds. The van der Waals surface area contributed by atoms with Gasteiger partial charge in [-0.25, -0.2) is 0 Å². The Morgan fingerprint density at radius 3 is 2.59 bits per heavy atom. The van der Waals surface area contributed by atoms with Crippen molar-refractivity contribution in [2.45, 2.75) is 6.54 Å². The molecule has 3 aromatic rings. The fourth-order valence-electron chi connectivity index (χ4n) is 2.36. The van der Waals surface area contributed by atoms with Gasteiger partial charge < -0.3 is 0 Å². The Hall–Kier alpha value is -1.86. The predicted octanol–water partition coefficient (Wildman–Crippen LogP) is 2.42. The molecule has 1 unspecified atom stereocenters. The van der Waals surface area contributed by atoms with Crippen molar-refractivity contribution in [2.24, 2.45) is 0 Å². The van der Waals surface area contributed by atoms with E-state index in [1.165, 1.54) is 18.3 Å². The molecule has 0 spiro atoms. The second kappa shape index (κ2) is 8.88. The fourth-order valence-corrected chi connectivity index (χ4v) is 5.16. The molecular weight excluding hydrogens is 531 g/mol. The van der Waals surface area contributed by atoms with Crippen LogP contribution in [-0.4, -0.2) is 26.6 Å². The van der Waals surface area contributed by atoms with Crippen LogP contribution in [0.4, 0.5) is 13.2 Å². The molecule has 1 atom stereocenters. The second-order valence-electron chi connectivity index (χ2n) is 5.59. The Balaban J connectivity index is 1.77. The molecule has 0 bridgehead atoms. The zero-order valence-electron chi connectivity index (χ0n) is 13.8. The molecule has 27 heavy (non-hydrogen) atoms. The summed E-state index contributed by atoms with van der Waals surface area (Å²) in [6.45, 7) is -0.0788. The molecule has 0 fully saturated rings. The molecule has 0 aliphatic heterocycles. The molecule has 0 aliphatic rings. The van der Waals surface area contributed by atoms with E-state index in [9.17, 15) is 18.0 Å². The Morgan fingerprint density at radius 1 is 1.04 bits per heavy atom. The van der Waals surface area contributed by atoms with Crippen LogP contribution >= 0.6 is 22.6 Å². The summed E-state index contributed by atoms with van der Waals surface area (Å²) in [4.78, 5) is 16.6. The zero-order chi connectivity index (χ0) is 19.4. The van der Waals surface area contributed by atoms with Gasteiger partial charge >= 0.3 is 175 Å². The molecule has 1 aromatic heterocycles. The molecule has 0 aliphatic carbocycles. The van der Waals surface area contributed by atoms with Crippen molar-refractivity contribution in [3.05, 3.63) is 87.0 Å². The number of amides is 1. The van der Waals surface area contributed by atoms with E-state index in [1.54, 1.807) is 18.3 Å². The van der Waals surface area contributed by atoms with Gasteiger partial charge in [-0.15, -0.1) is 0 Å². The molecule has 0 saturated heterocycles.